The summed E-state index contributed by atoms with van der Waals surface area (Å²) in [6.45, 7) is 4.64. The van der Waals surface area contributed by atoms with Gasteiger partial charge in [0.05, 0.1) is 6.54 Å². The van der Waals surface area contributed by atoms with Crippen LogP contribution in [0.1, 0.15) is 19.7 Å². The molecule has 0 spiro atoms. The Morgan fingerprint density at radius 1 is 1.41 bits per heavy atom. The molecule has 0 bridgehead atoms. The lowest BCUT2D eigenvalue weighted by Gasteiger charge is -2.02. The second kappa shape index (κ2) is 4.97. The van der Waals surface area contributed by atoms with Crippen LogP contribution < -0.4 is 5.32 Å². The number of aromatic nitrogens is 2. The molecule has 1 aromatic carbocycles. The van der Waals surface area contributed by atoms with Gasteiger partial charge in [-0.25, -0.2) is 0 Å². The van der Waals surface area contributed by atoms with Gasteiger partial charge >= 0.3 is 0 Å². The fourth-order valence-electron chi connectivity index (χ4n) is 1.38. The molecule has 0 fully saturated rings. The van der Waals surface area contributed by atoms with E-state index in [1.165, 1.54) is 0 Å². The summed E-state index contributed by atoms with van der Waals surface area (Å²) in [5.74, 6) is 1.22. The van der Waals surface area contributed by atoms with E-state index >= 15 is 0 Å². The number of phenolic OH excluding ortho intramolecular Hbond substituents is 1. The summed E-state index contributed by atoms with van der Waals surface area (Å²) >= 11 is 0. The number of aromatic hydroxyl groups is 1. The van der Waals surface area contributed by atoms with Crippen molar-refractivity contribution in [1.82, 2.24) is 15.5 Å². The van der Waals surface area contributed by atoms with E-state index in [0.29, 0.717) is 24.3 Å². The summed E-state index contributed by atoms with van der Waals surface area (Å²) in [6, 6.07) is 7.14. The number of hydrogen-bond donors (Lipinski definition) is 2. The molecule has 0 atom stereocenters. The second-order valence-electron chi connectivity index (χ2n) is 4.10. The first-order chi connectivity index (χ1) is 8.15. The maximum Gasteiger partial charge on any atom is 0.240 e. The lowest BCUT2D eigenvalue weighted by Crippen LogP contribution is -2.21. The number of rotatable bonds is 4. The van der Waals surface area contributed by atoms with Gasteiger partial charge in [0.15, 0.2) is 0 Å². The fraction of sp³-hybridized carbons (Fsp3) is 0.333. The monoisotopic (exact) mass is 233 g/mol. The third-order valence-electron chi connectivity index (χ3n) is 2.23. The molecule has 0 saturated heterocycles. The lowest BCUT2D eigenvalue weighted by molar-refractivity contribution is 0.362. The quantitative estimate of drug-likeness (QED) is 0.844. The van der Waals surface area contributed by atoms with Crippen molar-refractivity contribution in [3.05, 3.63) is 30.2 Å². The summed E-state index contributed by atoms with van der Waals surface area (Å²) in [6.07, 6.45) is 0. The molecule has 0 aliphatic heterocycles. The van der Waals surface area contributed by atoms with Crippen LogP contribution in [0, 0.1) is 0 Å². The minimum absolute atomic E-state index is 0.189. The van der Waals surface area contributed by atoms with Crippen LogP contribution in [0.25, 0.3) is 11.4 Å². The number of nitrogens with one attached hydrogen (secondary N) is 1. The summed E-state index contributed by atoms with van der Waals surface area (Å²) in [5, 5.41) is 16.4. The first kappa shape index (κ1) is 11.6. The van der Waals surface area contributed by atoms with Gasteiger partial charge in [-0.05, 0) is 12.1 Å². The van der Waals surface area contributed by atoms with Crippen LogP contribution in [0.4, 0.5) is 0 Å². The molecule has 5 heteroatoms. The SMILES string of the molecule is CC(C)NCc1nc(-c2cccc(O)c2)no1. The van der Waals surface area contributed by atoms with Crippen molar-refractivity contribution in [2.24, 2.45) is 0 Å². The van der Waals surface area contributed by atoms with Gasteiger partial charge < -0.3 is 14.9 Å². The molecule has 0 aliphatic rings. The number of phenols is 1. The van der Waals surface area contributed by atoms with Gasteiger partial charge in [-0.15, -0.1) is 0 Å². The Bertz CT molecular complexity index is 494. The van der Waals surface area contributed by atoms with Gasteiger partial charge in [-0.3, -0.25) is 0 Å². The van der Waals surface area contributed by atoms with Crippen LogP contribution in [0.3, 0.4) is 0 Å². The van der Waals surface area contributed by atoms with E-state index in [0.717, 1.165) is 5.56 Å². The highest BCUT2D eigenvalue weighted by atomic mass is 16.5. The van der Waals surface area contributed by atoms with Gasteiger partial charge in [0.1, 0.15) is 5.75 Å². The summed E-state index contributed by atoms with van der Waals surface area (Å²) in [5.41, 5.74) is 0.740. The van der Waals surface area contributed by atoms with Crippen molar-refractivity contribution >= 4 is 0 Å². The van der Waals surface area contributed by atoms with Crippen molar-refractivity contribution in [3.8, 4) is 17.1 Å². The Balaban J connectivity index is 2.12. The molecule has 2 N–H and O–H groups in total. The molecule has 2 aromatic rings. The van der Waals surface area contributed by atoms with Gasteiger partial charge in [0.2, 0.25) is 11.7 Å². The minimum Gasteiger partial charge on any atom is -0.508 e. The van der Waals surface area contributed by atoms with Gasteiger partial charge in [0.25, 0.3) is 0 Å². The van der Waals surface area contributed by atoms with Crippen LogP contribution in [-0.4, -0.2) is 21.3 Å². The zero-order valence-corrected chi connectivity index (χ0v) is 9.84. The lowest BCUT2D eigenvalue weighted by atomic mass is 10.2. The van der Waals surface area contributed by atoms with E-state index in [1.54, 1.807) is 18.2 Å². The largest absolute Gasteiger partial charge is 0.508 e. The molecule has 0 amide bonds. The molecule has 5 nitrogen and oxygen atoms in total. The second-order valence-corrected chi connectivity index (χ2v) is 4.10. The summed E-state index contributed by atoms with van der Waals surface area (Å²) in [7, 11) is 0. The van der Waals surface area contributed by atoms with Crippen LogP contribution >= 0.6 is 0 Å². The van der Waals surface area contributed by atoms with Crippen molar-refractivity contribution in [3.63, 3.8) is 0 Å². The van der Waals surface area contributed by atoms with E-state index < -0.39 is 0 Å². The zero-order valence-electron chi connectivity index (χ0n) is 9.84. The molecule has 0 aliphatic carbocycles. The smallest absolute Gasteiger partial charge is 0.240 e. The normalized spacial score (nSPS) is 11.0. The van der Waals surface area contributed by atoms with Crippen LogP contribution in [0.15, 0.2) is 28.8 Å². The van der Waals surface area contributed by atoms with E-state index in [9.17, 15) is 5.11 Å². The highest BCUT2D eigenvalue weighted by Crippen LogP contribution is 2.20. The Labute approximate surface area is 99.5 Å². The molecular weight excluding hydrogens is 218 g/mol. The van der Waals surface area contributed by atoms with E-state index in [1.807, 2.05) is 19.9 Å². The molecule has 1 heterocycles. The highest BCUT2D eigenvalue weighted by Gasteiger charge is 2.08. The molecular formula is C12H15N3O2. The summed E-state index contributed by atoms with van der Waals surface area (Å²) < 4.78 is 5.10. The number of benzene rings is 1. The van der Waals surface area contributed by atoms with Crippen molar-refractivity contribution < 1.29 is 9.63 Å². The third-order valence-corrected chi connectivity index (χ3v) is 2.23. The predicted molar refractivity (Wildman–Crippen MR) is 63.4 cm³/mol. The summed E-state index contributed by atoms with van der Waals surface area (Å²) in [4.78, 5) is 4.24. The molecule has 2 rings (SSSR count). The molecule has 0 unspecified atom stereocenters. The van der Waals surface area contributed by atoms with E-state index in [4.69, 9.17) is 4.52 Å². The van der Waals surface area contributed by atoms with E-state index in [-0.39, 0.29) is 5.75 Å². The predicted octanol–water partition coefficient (Wildman–Crippen LogP) is 1.94. The average molecular weight is 233 g/mol. The van der Waals surface area contributed by atoms with Crippen LogP contribution in [0.5, 0.6) is 5.75 Å². The standard InChI is InChI=1S/C12H15N3O2/c1-8(2)13-7-11-14-12(15-17-11)9-4-3-5-10(16)6-9/h3-6,8,13,16H,7H2,1-2H3. The number of nitrogens with zero attached hydrogens (tertiary/aromatic N) is 2. The first-order valence-corrected chi connectivity index (χ1v) is 5.50. The highest BCUT2D eigenvalue weighted by molar-refractivity contribution is 5.56. The van der Waals surface area contributed by atoms with Crippen LogP contribution in [0.2, 0.25) is 0 Å². The van der Waals surface area contributed by atoms with Gasteiger partial charge in [0, 0.05) is 11.6 Å². The Morgan fingerprint density at radius 2 is 2.24 bits per heavy atom. The maximum atomic E-state index is 9.36. The molecule has 0 saturated carbocycles. The van der Waals surface area contributed by atoms with Gasteiger partial charge in [-0.1, -0.05) is 31.1 Å². The third kappa shape index (κ3) is 3.04. The van der Waals surface area contributed by atoms with E-state index in [2.05, 4.69) is 15.5 Å². The molecule has 17 heavy (non-hydrogen) atoms. The Hall–Kier alpha value is -1.88. The molecule has 90 valence electrons. The van der Waals surface area contributed by atoms with Crippen molar-refractivity contribution in [1.29, 1.82) is 0 Å². The average Bonchev–Trinajstić information content (AvgIpc) is 2.75. The molecule has 0 radical (unpaired) electrons. The maximum absolute atomic E-state index is 9.36. The molecule has 1 aromatic heterocycles. The Kier molecular flexibility index (Phi) is 3.39. The number of hydrogen-bond acceptors (Lipinski definition) is 5. The minimum atomic E-state index is 0.189. The van der Waals surface area contributed by atoms with Crippen molar-refractivity contribution in [2.75, 3.05) is 0 Å². The van der Waals surface area contributed by atoms with Crippen LogP contribution in [-0.2, 0) is 6.54 Å². The van der Waals surface area contributed by atoms with Gasteiger partial charge in [-0.2, -0.15) is 4.98 Å². The fourth-order valence-corrected chi connectivity index (χ4v) is 1.38. The Morgan fingerprint density at radius 3 is 2.94 bits per heavy atom. The van der Waals surface area contributed by atoms with Crippen molar-refractivity contribution in [2.45, 2.75) is 26.4 Å². The topological polar surface area (TPSA) is 71.2 Å². The first-order valence-electron chi connectivity index (χ1n) is 5.50. The zero-order chi connectivity index (χ0) is 12.3.